The fourth-order valence-electron chi connectivity index (χ4n) is 2.60. The van der Waals surface area contributed by atoms with Crippen LogP contribution in [0.15, 0.2) is 18.2 Å². The molecule has 0 unspecified atom stereocenters. The van der Waals surface area contributed by atoms with Crippen molar-refractivity contribution < 1.29 is 15.0 Å². The summed E-state index contributed by atoms with van der Waals surface area (Å²) in [6.45, 7) is 5.75. The van der Waals surface area contributed by atoms with Crippen molar-refractivity contribution in [1.82, 2.24) is 0 Å². The number of carboxylic acids is 1. The van der Waals surface area contributed by atoms with Crippen LogP contribution in [0, 0.1) is 18.3 Å². The van der Waals surface area contributed by atoms with Crippen molar-refractivity contribution in [3.05, 3.63) is 29.3 Å². The number of phenols is 1. The van der Waals surface area contributed by atoms with E-state index in [-0.39, 0.29) is 23.0 Å². The Balaban J connectivity index is 2.37. The van der Waals surface area contributed by atoms with E-state index in [0.29, 0.717) is 0 Å². The minimum Gasteiger partial charge on any atom is -0.508 e. The molecule has 0 bridgehead atoms. The number of benzene rings is 1. The molecule has 1 aliphatic rings. The van der Waals surface area contributed by atoms with Gasteiger partial charge in [-0.15, -0.1) is 0 Å². The Morgan fingerprint density at radius 1 is 1.38 bits per heavy atom. The molecule has 0 aliphatic heterocycles. The van der Waals surface area contributed by atoms with Crippen LogP contribution in [0.5, 0.6) is 5.75 Å². The Bertz CT molecular complexity index is 448. The molecule has 0 aromatic heterocycles. The van der Waals surface area contributed by atoms with Gasteiger partial charge >= 0.3 is 5.97 Å². The predicted molar refractivity (Wildman–Crippen MR) is 60.5 cm³/mol. The van der Waals surface area contributed by atoms with Gasteiger partial charge in [0, 0.05) is 5.92 Å². The van der Waals surface area contributed by atoms with Crippen LogP contribution >= 0.6 is 0 Å². The van der Waals surface area contributed by atoms with E-state index in [1.165, 1.54) is 0 Å². The summed E-state index contributed by atoms with van der Waals surface area (Å²) in [7, 11) is 0. The average molecular weight is 220 g/mol. The Hall–Kier alpha value is -1.51. The molecule has 1 aromatic carbocycles. The van der Waals surface area contributed by atoms with Gasteiger partial charge in [-0.3, -0.25) is 4.79 Å². The first-order chi connectivity index (χ1) is 7.35. The van der Waals surface area contributed by atoms with E-state index in [1.807, 2.05) is 32.9 Å². The normalized spacial score (nSPS) is 26.4. The van der Waals surface area contributed by atoms with E-state index in [4.69, 9.17) is 5.11 Å². The second-order valence-corrected chi connectivity index (χ2v) is 5.18. The summed E-state index contributed by atoms with van der Waals surface area (Å²) in [5.41, 5.74) is 1.47. The molecule has 16 heavy (non-hydrogen) atoms. The molecule has 3 heteroatoms. The summed E-state index contributed by atoms with van der Waals surface area (Å²) in [6, 6.07) is 5.42. The molecule has 1 aromatic rings. The van der Waals surface area contributed by atoms with Crippen molar-refractivity contribution in [1.29, 1.82) is 0 Å². The second kappa shape index (κ2) is 3.24. The second-order valence-electron chi connectivity index (χ2n) is 5.18. The van der Waals surface area contributed by atoms with E-state index in [0.717, 1.165) is 11.1 Å². The Labute approximate surface area is 94.7 Å². The molecule has 0 amide bonds. The van der Waals surface area contributed by atoms with Crippen molar-refractivity contribution in [2.24, 2.45) is 11.3 Å². The number of phenolic OH excluding ortho intramolecular Hbond substituents is 1. The molecule has 2 rings (SSSR count). The third kappa shape index (κ3) is 1.47. The van der Waals surface area contributed by atoms with Gasteiger partial charge < -0.3 is 10.2 Å². The first-order valence-electron chi connectivity index (χ1n) is 5.38. The van der Waals surface area contributed by atoms with Crippen molar-refractivity contribution in [2.45, 2.75) is 26.7 Å². The highest BCUT2D eigenvalue weighted by Crippen LogP contribution is 2.65. The van der Waals surface area contributed by atoms with Gasteiger partial charge in [0.05, 0.1) is 5.92 Å². The molecule has 1 fully saturated rings. The summed E-state index contributed by atoms with van der Waals surface area (Å²) >= 11 is 0. The van der Waals surface area contributed by atoms with E-state index in [2.05, 4.69) is 0 Å². The molecule has 0 heterocycles. The first-order valence-corrected chi connectivity index (χ1v) is 5.38. The summed E-state index contributed by atoms with van der Waals surface area (Å²) in [4.78, 5) is 11.1. The average Bonchev–Trinajstić information content (AvgIpc) is 2.69. The fourth-order valence-corrected chi connectivity index (χ4v) is 2.60. The topological polar surface area (TPSA) is 57.5 Å². The largest absolute Gasteiger partial charge is 0.508 e. The van der Waals surface area contributed by atoms with Crippen molar-refractivity contribution in [3.8, 4) is 5.75 Å². The molecule has 86 valence electrons. The number of aliphatic carboxylic acids is 1. The standard InChI is InChI=1S/C13H16O3/c1-7-4-5-8(9(14)6-7)10-11(12(15)16)13(10,2)3/h4-6,10-11,14H,1-3H3,(H,15,16)/t10-,11+/m0/s1. The quantitative estimate of drug-likeness (QED) is 0.805. The molecular formula is C13H16O3. The van der Waals surface area contributed by atoms with E-state index in [1.54, 1.807) is 6.07 Å². The summed E-state index contributed by atoms with van der Waals surface area (Å²) in [6.07, 6.45) is 0. The van der Waals surface area contributed by atoms with Crippen LogP contribution in [0.4, 0.5) is 0 Å². The maximum atomic E-state index is 11.1. The Kier molecular flexibility index (Phi) is 2.22. The van der Waals surface area contributed by atoms with Crippen molar-refractivity contribution >= 4 is 5.97 Å². The SMILES string of the molecule is Cc1ccc([C@H]2[C@H](C(=O)O)C2(C)C)c(O)c1. The smallest absolute Gasteiger partial charge is 0.307 e. The number of rotatable bonds is 2. The molecule has 2 N–H and O–H groups in total. The maximum Gasteiger partial charge on any atom is 0.307 e. The molecule has 0 saturated heterocycles. The molecule has 0 radical (unpaired) electrons. The van der Waals surface area contributed by atoms with Gasteiger partial charge in [0.2, 0.25) is 0 Å². The molecule has 1 aliphatic carbocycles. The fraction of sp³-hybridized carbons (Fsp3) is 0.462. The molecule has 2 atom stereocenters. The summed E-state index contributed by atoms with van der Waals surface area (Å²) < 4.78 is 0. The third-order valence-corrected chi connectivity index (χ3v) is 3.61. The van der Waals surface area contributed by atoms with Crippen molar-refractivity contribution in [2.75, 3.05) is 0 Å². The van der Waals surface area contributed by atoms with Crippen LogP contribution in [0.3, 0.4) is 0 Å². The molecule has 0 spiro atoms. The number of hydrogen-bond acceptors (Lipinski definition) is 2. The van der Waals surface area contributed by atoms with Gasteiger partial charge in [-0.2, -0.15) is 0 Å². The number of hydrogen-bond donors (Lipinski definition) is 2. The Morgan fingerprint density at radius 3 is 2.44 bits per heavy atom. The highest BCUT2D eigenvalue weighted by Gasteiger charge is 2.63. The molecular weight excluding hydrogens is 204 g/mol. The van der Waals surface area contributed by atoms with Gasteiger partial charge in [0.1, 0.15) is 5.75 Å². The zero-order valence-electron chi connectivity index (χ0n) is 9.69. The lowest BCUT2D eigenvalue weighted by Crippen LogP contribution is -2.03. The van der Waals surface area contributed by atoms with Gasteiger partial charge in [-0.25, -0.2) is 0 Å². The van der Waals surface area contributed by atoms with Crippen LogP contribution in [0.1, 0.15) is 30.9 Å². The monoisotopic (exact) mass is 220 g/mol. The molecule has 1 saturated carbocycles. The summed E-state index contributed by atoms with van der Waals surface area (Å²) in [5.74, 6) is -1.04. The van der Waals surface area contributed by atoms with Crippen LogP contribution in [0.25, 0.3) is 0 Å². The van der Waals surface area contributed by atoms with E-state index < -0.39 is 5.97 Å². The third-order valence-electron chi connectivity index (χ3n) is 3.61. The number of carbonyl (C=O) groups is 1. The van der Waals surface area contributed by atoms with Crippen LogP contribution in [0.2, 0.25) is 0 Å². The van der Waals surface area contributed by atoms with Gasteiger partial charge in [-0.05, 0) is 29.5 Å². The number of aromatic hydroxyl groups is 1. The predicted octanol–water partition coefficient (Wildman–Crippen LogP) is 2.52. The maximum absolute atomic E-state index is 11.1. The van der Waals surface area contributed by atoms with Crippen LogP contribution in [-0.2, 0) is 4.79 Å². The minimum absolute atomic E-state index is 0.0781. The Morgan fingerprint density at radius 2 is 2.00 bits per heavy atom. The zero-order chi connectivity index (χ0) is 12.1. The van der Waals surface area contributed by atoms with E-state index in [9.17, 15) is 9.90 Å². The van der Waals surface area contributed by atoms with Gasteiger partial charge in [0.15, 0.2) is 0 Å². The van der Waals surface area contributed by atoms with Crippen molar-refractivity contribution in [3.63, 3.8) is 0 Å². The van der Waals surface area contributed by atoms with Gasteiger partial charge in [0.25, 0.3) is 0 Å². The number of aryl methyl sites for hydroxylation is 1. The minimum atomic E-state index is -0.782. The molecule has 3 nitrogen and oxygen atoms in total. The zero-order valence-corrected chi connectivity index (χ0v) is 9.69. The highest BCUT2D eigenvalue weighted by molar-refractivity contribution is 5.78. The lowest BCUT2D eigenvalue weighted by molar-refractivity contribution is -0.139. The number of carboxylic acid groups (broad SMARTS) is 1. The van der Waals surface area contributed by atoms with Crippen LogP contribution < -0.4 is 0 Å². The lowest BCUT2D eigenvalue weighted by atomic mass is 10.0. The van der Waals surface area contributed by atoms with Gasteiger partial charge in [-0.1, -0.05) is 26.0 Å². The lowest BCUT2D eigenvalue weighted by Gasteiger charge is -2.06. The van der Waals surface area contributed by atoms with Crippen LogP contribution in [-0.4, -0.2) is 16.2 Å². The van der Waals surface area contributed by atoms with E-state index >= 15 is 0 Å². The first kappa shape index (κ1) is 11.0. The highest BCUT2D eigenvalue weighted by atomic mass is 16.4. The summed E-state index contributed by atoms with van der Waals surface area (Å²) in [5, 5.41) is 18.9.